The Balaban J connectivity index is 1.67. The van der Waals surface area contributed by atoms with Crippen LogP contribution in [0.5, 0.6) is 11.5 Å². The summed E-state index contributed by atoms with van der Waals surface area (Å²) in [6, 6.07) is 9.04. The number of hydrogen-bond acceptors (Lipinski definition) is 8. The summed E-state index contributed by atoms with van der Waals surface area (Å²) in [6.07, 6.45) is 2.97. The minimum Gasteiger partial charge on any atom is -0.493 e. The van der Waals surface area contributed by atoms with Gasteiger partial charge in [-0.15, -0.1) is 10.2 Å². The first-order valence-corrected chi connectivity index (χ1v) is 9.78. The van der Waals surface area contributed by atoms with Crippen LogP contribution < -0.4 is 14.9 Å². The SMILES string of the molecule is CCn1c(SCC(=O)N/N=C/c2ccco2)nnc1-c1ccc(OC)c(OC)c1. The third-order valence-corrected chi connectivity index (χ3v) is 4.90. The van der Waals surface area contributed by atoms with Crippen molar-refractivity contribution in [3.8, 4) is 22.9 Å². The highest BCUT2D eigenvalue weighted by molar-refractivity contribution is 7.99. The lowest BCUT2D eigenvalue weighted by atomic mass is 10.2. The van der Waals surface area contributed by atoms with Gasteiger partial charge in [0, 0.05) is 12.1 Å². The third-order valence-electron chi connectivity index (χ3n) is 3.93. The first-order chi connectivity index (χ1) is 14.2. The van der Waals surface area contributed by atoms with E-state index < -0.39 is 0 Å². The van der Waals surface area contributed by atoms with Gasteiger partial charge in [0.25, 0.3) is 5.91 Å². The van der Waals surface area contributed by atoms with E-state index in [9.17, 15) is 4.79 Å². The normalized spacial score (nSPS) is 11.0. The number of benzene rings is 1. The largest absolute Gasteiger partial charge is 0.493 e. The molecule has 0 fully saturated rings. The number of rotatable bonds is 9. The second-order valence-electron chi connectivity index (χ2n) is 5.72. The molecule has 0 radical (unpaired) electrons. The summed E-state index contributed by atoms with van der Waals surface area (Å²) in [7, 11) is 3.17. The highest BCUT2D eigenvalue weighted by Crippen LogP contribution is 2.32. The Kier molecular flexibility index (Phi) is 6.90. The van der Waals surface area contributed by atoms with Crippen molar-refractivity contribution in [2.24, 2.45) is 5.10 Å². The number of hydrazone groups is 1. The lowest BCUT2D eigenvalue weighted by molar-refractivity contribution is -0.118. The van der Waals surface area contributed by atoms with Crippen molar-refractivity contribution in [1.29, 1.82) is 0 Å². The molecule has 9 nitrogen and oxygen atoms in total. The average Bonchev–Trinajstić information content (AvgIpc) is 3.41. The summed E-state index contributed by atoms with van der Waals surface area (Å²) in [5.41, 5.74) is 3.30. The van der Waals surface area contributed by atoms with Crippen LogP contribution in [-0.2, 0) is 11.3 Å². The molecular formula is C19H21N5O4S. The summed E-state index contributed by atoms with van der Waals surface area (Å²) in [6.45, 7) is 2.64. The van der Waals surface area contributed by atoms with Crippen molar-refractivity contribution >= 4 is 23.9 Å². The fourth-order valence-electron chi connectivity index (χ4n) is 2.56. The summed E-state index contributed by atoms with van der Waals surface area (Å²) >= 11 is 1.28. The fourth-order valence-corrected chi connectivity index (χ4v) is 3.36. The average molecular weight is 415 g/mol. The van der Waals surface area contributed by atoms with Crippen LogP contribution in [0, 0.1) is 0 Å². The monoisotopic (exact) mass is 415 g/mol. The zero-order valence-corrected chi connectivity index (χ0v) is 17.1. The van der Waals surface area contributed by atoms with Crippen LogP contribution >= 0.6 is 11.8 Å². The number of amides is 1. The third kappa shape index (κ3) is 4.96. The number of carbonyl (C=O) groups is 1. The first-order valence-electron chi connectivity index (χ1n) is 8.80. The minimum absolute atomic E-state index is 0.152. The second kappa shape index (κ2) is 9.78. The molecule has 2 aromatic heterocycles. The lowest BCUT2D eigenvalue weighted by Gasteiger charge is -2.10. The molecule has 0 unspecified atom stereocenters. The molecule has 0 aliphatic carbocycles. The quantitative estimate of drug-likeness (QED) is 0.326. The number of carbonyl (C=O) groups excluding carboxylic acids is 1. The van der Waals surface area contributed by atoms with E-state index >= 15 is 0 Å². The molecule has 3 rings (SSSR count). The maximum Gasteiger partial charge on any atom is 0.250 e. The van der Waals surface area contributed by atoms with E-state index in [2.05, 4.69) is 20.7 Å². The molecule has 10 heteroatoms. The number of nitrogens with one attached hydrogen (secondary N) is 1. The molecule has 2 heterocycles. The van der Waals surface area contributed by atoms with Gasteiger partial charge in [-0.2, -0.15) is 5.10 Å². The van der Waals surface area contributed by atoms with E-state index in [0.29, 0.717) is 34.8 Å². The smallest absolute Gasteiger partial charge is 0.250 e. The van der Waals surface area contributed by atoms with E-state index in [1.165, 1.54) is 24.2 Å². The van der Waals surface area contributed by atoms with Gasteiger partial charge in [-0.3, -0.25) is 4.79 Å². The molecule has 0 spiro atoms. The number of thioether (sulfide) groups is 1. The zero-order chi connectivity index (χ0) is 20.6. The van der Waals surface area contributed by atoms with Gasteiger partial charge in [0.15, 0.2) is 22.5 Å². The molecule has 29 heavy (non-hydrogen) atoms. The first kappa shape index (κ1) is 20.5. The molecule has 0 bridgehead atoms. The molecule has 3 aromatic rings. The van der Waals surface area contributed by atoms with Gasteiger partial charge in [-0.25, -0.2) is 5.43 Å². The molecular weight excluding hydrogens is 394 g/mol. The van der Waals surface area contributed by atoms with Gasteiger partial charge in [-0.05, 0) is 37.3 Å². The van der Waals surface area contributed by atoms with Crippen LogP contribution in [0.3, 0.4) is 0 Å². The van der Waals surface area contributed by atoms with Crippen LogP contribution in [0.2, 0.25) is 0 Å². The zero-order valence-electron chi connectivity index (χ0n) is 16.3. The van der Waals surface area contributed by atoms with Crippen LogP contribution in [0.1, 0.15) is 12.7 Å². The maximum atomic E-state index is 12.0. The van der Waals surface area contributed by atoms with E-state index in [1.54, 1.807) is 26.4 Å². The molecule has 0 atom stereocenters. The number of hydrogen-bond donors (Lipinski definition) is 1. The van der Waals surface area contributed by atoms with E-state index in [1.807, 2.05) is 29.7 Å². The Morgan fingerprint density at radius 3 is 2.79 bits per heavy atom. The standard InChI is InChI=1S/C19H21N5O4S/c1-4-24-18(13-7-8-15(26-2)16(10-13)27-3)22-23-19(24)29-12-17(25)21-20-11-14-6-5-9-28-14/h5-11H,4,12H2,1-3H3,(H,21,25)/b20-11+. The lowest BCUT2D eigenvalue weighted by Crippen LogP contribution is -2.20. The molecule has 1 amide bonds. The predicted octanol–water partition coefficient (Wildman–Crippen LogP) is 2.82. The molecule has 0 aliphatic heterocycles. The van der Waals surface area contributed by atoms with Crippen molar-refractivity contribution in [3.63, 3.8) is 0 Å². The van der Waals surface area contributed by atoms with Gasteiger partial charge in [0.2, 0.25) is 0 Å². The Morgan fingerprint density at radius 1 is 1.28 bits per heavy atom. The highest BCUT2D eigenvalue weighted by atomic mass is 32.2. The van der Waals surface area contributed by atoms with Gasteiger partial charge in [0.1, 0.15) is 5.76 Å². The summed E-state index contributed by atoms with van der Waals surface area (Å²) in [5, 5.41) is 13.0. The Hall–Kier alpha value is -3.27. The Labute approximate surface area is 172 Å². The van der Waals surface area contributed by atoms with E-state index in [0.717, 1.165) is 5.56 Å². The molecule has 1 aromatic carbocycles. The number of methoxy groups -OCH3 is 2. The van der Waals surface area contributed by atoms with Gasteiger partial charge in [0.05, 0.1) is 32.5 Å². The molecule has 152 valence electrons. The van der Waals surface area contributed by atoms with Crippen LogP contribution in [0.15, 0.2) is 51.3 Å². The number of aromatic nitrogens is 3. The summed E-state index contributed by atoms with van der Waals surface area (Å²) in [4.78, 5) is 12.0. The Morgan fingerprint density at radius 2 is 2.10 bits per heavy atom. The van der Waals surface area contributed by atoms with Gasteiger partial charge in [-0.1, -0.05) is 11.8 Å². The van der Waals surface area contributed by atoms with Crippen molar-refractivity contribution in [2.75, 3.05) is 20.0 Å². The van der Waals surface area contributed by atoms with E-state index in [4.69, 9.17) is 13.9 Å². The number of furan rings is 1. The fraction of sp³-hybridized carbons (Fsp3) is 0.263. The number of nitrogens with zero attached hydrogens (tertiary/aromatic N) is 4. The summed E-state index contributed by atoms with van der Waals surface area (Å²) < 4.78 is 17.7. The van der Waals surface area contributed by atoms with E-state index in [-0.39, 0.29) is 11.7 Å². The van der Waals surface area contributed by atoms with Crippen molar-refractivity contribution in [1.82, 2.24) is 20.2 Å². The van der Waals surface area contributed by atoms with Crippen LogP contribution in [-0.4, -0.2) is 46.9 Å². The highest BCUT2D eigenvalue weighted by Gasteiger charge is 2.16. The maximum absolute atomic E-state index is 12.0. The molecule has 0 aliphatic rings. The minimum atomic E-state index is -0.254. The van der Waals surface area contributed by atoms with Crippen LogP contribution in [0.4, 0.5) is 0 Å². The molecule has 0 saturated carbocycles. The second-order valence-corrected chi connectivity index (χ2v) is 6.66. The van der Waals surface area contributed by atoms with Crippen molar-refractivity contribution in [3.05, 3.63) is 42.4 Å². The van der Waals surface area contributed by atoms with Crippen molar-refractivity contribution in [2.45, 2.75) is 18.6 Å². The predicted molar refractivity (Wildman–Crippen MR) is 109 cm³/mol. The molecule has 0 saturated heterocycles. The van der Waals surface area contributed by atoms with Crippen molar-refractivity contribution < 1.29 is 18.7 Å². The Bertz CT molecular complexity index is 985. The number of ether oxygens (including phenoxy) is 2. The van der Waals surface area contributed by atoms with Gasteiger partial charge < -0.3 is 18.5 Å². The topological polar surface area (TPSA) is 104 Å². The molecule has 1 N–H and O–H groups in total. The summed E-state index contributed by atoms with van der Waals surface area (Å²) in [5.74, 6) is 2.39. The van der Waals surface area contributed by atoms with Crippen LogP contribution in [0.25, 0.3) is 11.4 Å². The van der Waals surface area contributed by atoms with Gasteiger partial charge >= 0.3 is 0 Å².